The summed E-state index contributed by atoms with van der Waals surface area (Å²) in [5.41, 5.74) is 22.2. The van der Waals surface area contributed by atoms with Crippen LogP contribution in [0.25, 0.3) is 89.4 Å². The van der Waals surface area contributed by atoms with E-state index in [9.17, 15) is 0 Å². The first-order valence-electron chi connectivity index (χ1n) is 24.6. The highest BCUT2D eigenvalue weighted by Gasteiger charge is 2.44. The molecule has 0 atom stereocenters. The molecule has 336 valence electrons. The van der Waals surface area contributed by atoms with E-state index in [1.54, 1.807) is 0 Å². The molecule has 6 heteroatoms. The SMILES string of the molecule is C=C/C=C\C(=C/C)c1ccc2c(c1)c1cc(C3=CCCC=C3)cc3c1n2B1c2ccccc2N(c2ccccc2)c2cc(-c4cccc(-c5nc(-c6ccccc6)nc(-c6ccccc6)n5)c4)c(C)c-3c21. The van der Waals surface area contributed by atoms with E-state index in [0.717, 1.165) is 51.9 Å². The lowest BCUT2D eigenvalue weighted by atomic mass is 9.44. The molecule has 2 aliphatic heterocycles. The molecule has 5 nitrogen and oxygen atoms in total. The third kappa shape index (κ3) is 6.97. The van der Waals surface area contributed by atoms with Gasteiger partial charge in [-0.05, 0) is 137 Å². The van der Waals surface area contributed by atoms with Gasteiger partial charge in [-0.3, -0.25) is 0 Å². The molecular formula is C65H48BN5. The molecule has 10 aromatic rings. The third-order valence-electron chi connectivity index (χ3n) is 14.5. The van der Waals surface area contributed by atoms with Crippen molar-refractivity contribution in [2.24, 2.45) is 0 Å². The van der Waals surface area contributed by atoms with Gasteiger partial charge in [-0.25, -0.2) is 15.0 Å². The number of rotatable bonds is 9. The first-order chi connectivity index (χ1) is 35.1. The maximum Gasteiger partial charge on any atom is 0.333 e. The number of benzene rings is 8. The summed E-state index contributed by atoms with van der Waals surface area (Å²) in [5.74, 6) is 1.91. The van der Waals surface area contributed by atoms with Crippen molar-refractivity contribution in [3.8, 4) is 56.4 Å². The van der Waals surface area contributed by atoms with Crippen LogP contribution in [0.2, 0.25) is 0 Å². The smallest absolute Gasteiger partial charge is 0.333 e. The zero-order valence-corrected chi connectivity index (χ0v) is 39.7. The van der Waals surface area contributed by atoms with Crippen molar-refractivity contribution in [1.29, 1.82) is 0 Å². The van der Waals surface area contributed by atoms with Crippen LogP contribution in [0.4, 0.5) is 17.1 Å². The van der Waals surface area contributed by atoms with E-state index in [0.29, 0.717) is 17.5 Å². The van der Waals surface area contributed by atoms with Gasteiger partial charge in [0.15, 0.2) is 17.5 Å². The van der Waals surface area contributed by atoms with E-state index in [1.165, 1.54) is 77.5 Å². The number of hydrogen-bond donors (Lipinski definition) is 0. The molecule has 0 radical (unpaired) electrons. The zero-order valence-electron chi connectivity index (χ0n) is 39.7. The Bertz CT molecular complexity index is 3860. The van der Waals surface area contributed by atoms with Gasteiger partial charge >= 0.3 is 6.85 Å². The van der Waals surface area contributed by atoms with Crippen LogP contribution in [0.3, 0.4) is 0 Å². The van der Waals surface area contributed by atoms with Gasteiger partial charge in [-0.15, -0.1) is 0 Å². The molecule has 0 N–H and O–H groups in total. The molecule has 0 amide bonds. The van der Waals surface area contributed by atoms with Crippen molar-refractivity contribution in [3.63, 3.8) is 0 Å². The van der Waals surface area contributed by atoms with Crippen molar-refractivity contribution >= 4 is 67.8 Å². The summed E-state index contributed by atoms with van der Waals surface area (Å²) in [7, 11) is 0. The summed E-state index contributed by atoms with van der Waals surface area (Å²) in [6.45, 7) is 8.33. The Hall–Kier alpha value is -8.87. The van der Waals surface area contributed by atoms with Gasteiger partial charge in [-0.1, -0.05) is 170 Å². The molecule has 0 saturated carbocycles. The Morgan fingerprint density at radius 1 is 0.606 bits per heavy atom. The molecule has 1 aliphatic carbocycles. The molecule has 13 rings (SSSR count). The van der Waals surface area contributed by atoms with Gasteiger partial charge in [-0.2, -0.15) is 0 Å². The van der Waals surface area contributed by atoms with E-state index in [1.807, 2.05) is 48.6 Å². The van der Waals surface area contributed by atoms with Crippen LogP contribution in [0.1, 0.15) is 36.5 Å². The van der Waals surface area contributed by atoms with Crippen molar-refractivity contribution in [2.75, 3.05) is 4.90 Å². The molecule has 0 unspecified atom stereocenters. The lowest BCUT2D eigenvalue weighted by Crippen LogP contribution is -2.56. The monoisotopic (exact) mass is 909 g/mol. The Morgan fingerprint density at radius 3 is 1.99 bits per heavy atom. The number of aromatic nitrogens is 4. The maximum absolute atomic E-state index is 5.16. The fourth-order valence-electron chi connectivity index (χ4n) is 11.3. The van der Waals surface area contributed by atoms with Gasteiger partial charge in [0.25, 0.3) is 0 Å². The highest BCUT2D eigenvalue weighted by molar-refractivity contribution is 6.90. The predicted octanol–water partition coefficient (Wildman–Crippen LogP) is 15.3. The van der Waals surface area contributed by atoms with Gasteiger partial charge in [0.2, 0.25) is 0 Å². The lowest BCUT2D eigenvalue weighted by Gasteiger charge is -2.41. The number of anilines is 3. The number of allylic oxidation sites excluding steroid dienone is 9. The summed E-state index contributed by atoms with van der Waals surface area (Å²) < 4.78 is 2.66. The van der Waals surface area contributed by atoms with Gasteiger partial charge in [0.05, 0.1) is 0 Å². The second-order valence-electron chi connectivity index (χ2n) is 18.6. The molecule has 4 heterocycles. The number of fused-ring (bicyclic) bond motifs is 7. The van der Waals surface area contributed by atoms with Crippen molar-refractivity contribution < 1.29 is 0 Å². The average Bonchev–Trinajstić information content (AvgIpc) is 3.76. The first-order valence-corrected chi connectivity index (χ1v) is 24.6. The number of hydrogen-bond acceptors (Lipinski definition) is 4. The molecule has 0 spiro atoms. The molecule has 8 aromatic carbocycles. The molecule has 0 bridgehead atoms. The fourth-order valence-corrected chi connectivity index (χ4v) is 11.3. The number of nitrogens with zero attached hydrogens (tertiary/aromatic N) is 5. The maximum atomic E-state index is 5.16. The largest absolute Gasteiger partial charge is 0.375 e. The van der Waals surface area contributed by atoms with Crippen LogP contribution < -0.4 is 15.8 Å². The van der Waals surface area contributed by atoms with Crippen LogP contribution in [0.15, 0.2) is 225 Å². The highest BCUT2D eigenvalue weighted by Crippen LogP contribution is 2.50. The van der Waals surface area contributed by atoms with E-state index < -0.39 is 0 Å². The van der Waals surface area contributed by atoms with E-state index in [-0.39, 0.29) is 6.85 Å². The van der Waals surface area contributed by atoms with Crippen LogP contribution in [0.5, 0.6) is 0 Å². The Morgan fingerprint density at radius 2 is 1.28 bits per heavy atom. The molecule has 3 aliphatic rings. The second kappa shape index (κ2) is 17.3. The minimum absolute atomic E-state index is 0.0897. The first kappa shape index (κ1) is 42.3. The van der Waals surface area contributed by atoms with Crippen LogP contribution in [0, 0.1) is 6.92 Å². The normalized spacial score (nSPS) is 13.7. The molecule has 0 fully saturated rings. The summed E-state index contributed by atoms with van der Waals surface area (Å²) >= 11 is 0. The summed E-state index contributed by atoms with van der Waals surface area (Å²) in [6.07, 6.45) is 17.3. The number of para-hydroxylation sites is 2. The molecule has 71 heavy (non-hydrogen) atoms. The fraction of sp³-hybridized carbons (Fsp3) is 0.0615. The van der Waals surface area contributed by atoms with Gasteiger partial charge in [0.1, 0.15) is 0 Å². The summed E-state index contributed by atoms with van der Waals surface area (Å²) in [5, 5.41) is 2.51. The highest BCUT2D eigenvalue weighted by atomic mass is 15.2. The standard InChI is InChI=1S/C65H48BN5/c1-4-6-22-43(5-2)47-35-36-57-53(38-47)54-39-50(44-23-11-7-12-24-44)40-55-60-42(3)52(41-59-61(60)66(71(57)62(54)55)56-33-19-20-34-58(56)70(59)51-31-17-10-18-32-51)48-29-21-30-49(37-48)65-68-63(45-25-13-8-14-26-45)67-64(69-65)46-27-15-9-16-28-46/h4-6,8-11,13-41H,1,7,12H2,2-3H3/b22-6-,43-5+. The predicted molar refractivity (Wildman–Crippen MR) is 299 cm³/mol. The van der Waals surface area contributed by atoms with E-state index in [2.05, 4.69) is 200 Å². The van der Waals surface area contributed by atoms with Crippen molar-refractivity contribution in [2.45, 2.75) is 26.7 Å². The zero-order chi connectivity index (χ0) is 47.6. The summed E-state index contributed by atoms with van der Waals surface area (Å²) in [6, 6.07) is 63.5. The van der Waals surface area contributed by atoms with Crippen LogP contribution in [-0.4, -0.2) is 26.3 Å². The molecule has 2 aromatic heterocycles. The van der Waals surface area contributed by atoms with Crippen molar-refractivity contribution in [3.05, 3.63) is 242 Å². The van der Waals surface area contributed by atoms with Gasteiger partial charge < -0.3 is 9.38 Å². The minimum Gasteiger partial charge on any atom is -0.375 e. The van der Waals surface area contributed by atoms with Crippen LogP contribution >= 0.6 is 0 Å². The Balaban J connectivity index is 1.11. The average molecular weight is 910 g/mol. The van der Waals surface area contributed by atoms with Crippen LogP contribution in [-0.2, 0) is 0 Å². The van der Waals surface area contributed by atoms with E-state index >= 15 is 0 Å². The van der Waals surface area contributed by atoms with E-state index in [4.69, 9.17) is 15.0 Å². The second-order valence-corrected chi connectivity index (χ2v) is 18.6. The lowest BCUT2D eigenvalue weighted by molar-refractivity contribution is 1.04. The van der Waals surface area contributed by atoms with Crippen molar-refractivity contribution in [1.82, 2.24) is 19.4 Å². The topological polar surface area (TPSA) is 46.8 Å². The quantitative estimate of drug-likeness (QED) is 0.107. The Kier molecular flexibility index (Phi) is 10.3. The molecular weight excluding hydrogens is 862 g/mol. The summed E-state index contributed by atoms with van der Waals surface area (Å²) in [4.78, 5) is 17.8. The van der Waals surface area contributed by atoms with Gasteiger partial charge in [0, 0.05) is 61.1 Å². The third-order valence-corrected chi connectivity index (χ3v) is 14.5. The Labute approximate surface area is 415 Å². The minimum atomic E-state index is -0.0897. The molecule has 0 saturated heterocycles.